The van der Waals surface area contributed by atoms with E-state index in [0.29, 0.717) is 6.42 Å². The van der Waals surface area contributed by atoms with E-state index in [-0.39, 0.29) is 17.9 Å². The minimum atomic E-state index is -0.831. The molecule has 1 saturated heterocycles. The van der Waals surface area contributed by atoms with Crippen LogP contribution in [0.2, 0.25) is 0 Å². The Hall–Kier alpha value is -1.84. The van der Waals surface area contributed by atoms with Crippen LogP contribution >= 0.6 is 22.6 Å². The van der Waals surface area contributed by atoms with Gasteiger partial charge in [0.25, 0.3) is 0 Å². The van der Waals surface area contributed by atoms with E-state index >= 15 is 0 Å². The van der Waals surface area contributed by atoms with Crippen molar-refractivity contribution in [2.24, 2.45) is 11.7 Å². The molecular weight excluding hydrogens is 485 g/mol. The first-order valence-electron chi connectivity index (χ1n) is 9.90. The van der Waals surface area contributed by atoms with Gasteiger partial charge in [0.2, 0.25) is 11.8 Å². The Balaban J connectivity index is 1.73. The lowest BCUT2D eigenvalue weighted by Gasteiger charge is -2.36. The summed E-state index contributed by atoms with van der Waals surface area (Å²) < 4.78 is 6.61. The maximum absolute atomic E-state index is 13.1. The molecule has 1 aliphatic carbocycles. The lowest BCUT2D eigenvalue weighted by atomic mass is 9.97. The normalized spacial score (nSPS) is 24.3. The third-order valence-electron chi connectivity index (χ3n) is 5.47. The summed E-state index contributed by atoms with van der Waals surface area (Å²) in [5.41, 5.74) is 5.83. The fourth-order valence-corrected chi connectivity index (χ4v) is 4.60. The fourth-order valence-electron chi connectivity index (χ4n) is 4.24. The summed E-state index contributed by atoms with van der Waals surface area (Å²) in [5.74, 6) is -0.847. The summed E-state index contributed by atoms with van der Waals surface area (Å²) in [7, 11) is 0. The number of nitrogens with zero attached hydrogens (tertiary/aromatic N) is 1. The average molecular weight is 513 g/mol. The topological polar surface area (TPSA) is 102 Å². The molecule has 1 aromatic carbocycles. The van der Waals surface area contributed by atoms with Gasteiger partial charge in [-0.2, -0.15) is 0 Å². The van der Waals surface area contributed by atoms with Crippen LogP contribution in [0.5, 0.6) is 0 Å². The summed E-state index contributed by atoms with van der Waals surface area (Å²) >= 11 is 2.21. The van der Waals surface area contributed by atoms with Crippen molar-refractivity contribution in [1.82, 2.24) is 10.2 Å². The smallest absolute Gasteiger partial charge is 0.411 e. The number of amides is 3. The van der Waals surface area contributed by atoms with Gasteiger partial charge in [-0.3, -0.25) is 14.5 Å². The summed E-state index contributed by atoms with van der Waals surface area (Å²) in [6.45, 7) is 5.41. The number of carbonyl (C=O) groups excluding carboxylic acids is 3. The van der Waals surface area contributed by atoms with Gasteiger partial charge in [0.05, 0.1) is 0 Å². The van der Waals surface area contributed by atoms with E-state index in [0.717, 1.165) is 28.4 Å². The Morgan fingerprint density at radius 2 is 1.90 bits per heavy atom. The standard InChI is InChI=1S/C21H28IN3O4/c1-21(2,3)29-20(28)25-15-9-6-13(11-15)17(25)19(27)24-16(18(23)26)10-12-4-7-14(22)8-5-12/h4-5,7-8,13,15-17H,6,9-11H2,1-3H3,(H2,23,26)(H,24,27)/t13-,15+,16-,17-/m0/s1. The van der Waals surface area contributed by atoms with E-state index in [1.165, 1.54) is 0 Å². The Morgan fingerprint density at radius 1 is 1.24 bits per heavy atom. The number of piperidine rings is 1. The second-order valence-corrected chi connectivity index (χ2v) is 10.1. The number of hydrogen-bond acceptors (Lipinski definition) is 4. The monoisotopic (exact) mass is 513 g/mol. The third-order valence-corrected chi connectivity index (χ3v) is 6.19. The zero-order valence-corrected chi connectivity index (χ0v) is 19.1. The molecule has 1 saturated carbocycles. The molecule has 0 spiro atoms. The van der Waals surface area contributed by atoms with Crippen LogP contribution in [-0.4, -0.2) is 46.5 Å². The fraction of sp³-hybridized carbons (Fsp3) is 0.571. The lowest BCUT2D eigenvalue weighted by Crippen LogP contribution is -2.57. The van der Waals surface area contributed by atoms with E-state index in [9.17, 15) is 14.4 Å². The average Bonchev–Trinajstić information content (AvgIpc) is 3.22. The van der Waals surface area contributed by atoms with Crippen molar-refractivity contribution in [3.63, 3.8) is 0 Å². The van der Waals surface area contributed by atoms with Crippen molar-refractivity contribution in [3.8, 4) is 0 Å². The first-order valence-corrected chi connectivity index (χ1v) is 11.0. The summed E-state index contributed by atoms with van der Waals surface area (Å²) in [6, 6.07) is 6.26. The number of nitrogens with two attached hydrogens (primary N) is 1. The van der Waals surface area contributed by atoms with Gasteiger partial charge >= 0.3 is 6.09 Å². The molecule has 29 heavy (non-hydrogen) atoms. The Morgan fingerprint density at radius 3 is 2.48 bits per heavy atom. The lowest BCUT2D eigenvalue weighted by molar-refractivity contribution is -0.132. The van der Waals surface area contributed by atoms with Gasteiger partial charge in [-0.25, -0.2) is 4.79 Å². The molecule has 7 nitrogen and oxygen atoms in total. The van der Waals surface area contributed by atoms with Gasteiger partial charge in [0.15, 0.2) is 0 Å². The molecule has 1 aromatic rings. The molecular formula is C21H28IN3O4. The third kappa shape index (κ3) is 5.21. The number of benzene rings is 1. The molecule has 2 aliphatic rings. The second-order valence-electron chi connectivity index (χ2n) is 8.85. The van der Waals surface area contributed by atoms with E-state index in [1.54, 1.807) is 25.7 Å². The molecule has 2 bridgehead atoms. The largest absolute Gasteiger partial charge is 0.444 e. The number of likely N-dealkylation sites (tertiary alicyclic amines) is 1. The van der Waals surface area contributed by atoms with E-state index < -0.39 is 29.7 Å². The highest BCUT2D eigenvalue weighted by Crippen LogP contribution is 2.43. The van der Waals surface area contributed by atoms with Crippen LogP contribution in [0.3, 0.4) is 0 Å². The number of primary amides is 1. The minimum Gasteiger partial charge on any atom is -0.444 e. The Kier molecular flexibility index (Phi) is 6.40. The van der Waals surface area contributed by atoms with Crippen LogP contribution in [-0.2, 0) is 20.7 Å². The van der Waals surface area contributed by atoms with Crippen LogP contribution in [0.1, 0.15) is 45.6 Å². The zero-order chi connectivity index (χ0) is 21.3. The number of rotatable bonds is 5. The second kappa shape index (κ2) is 8.49. The van der Waals surface area contributed by atoms with Crippen LogP contribution < -0.4 is 11.1 Å². The maximum Gasteiger partial charge on any atom is 0.411 e. The van der Waals surface area contributed by atoms with Crippen LogP contribution in [0.25, 0.3) is 0 Å². The molecule has 0 unspecified atom stereocenters. The van der Waals surface area contributed by atoms with Crippen LogP contribution in [0.4, 0.5) is 4.79 Å². The molecule has 3 amide bonds. The Bertz CT molecular complexity index is 790. The molecule has 3 N–H and O–H groups in total. The predicted octanol–water partition coefficient (Wildman–Crippen LogP) is 2.59. The molecule has 1 aliphatic heterocycles. The van der Waals surface area contributed by atoms with Crippen molar-refractivity contribution in [2.75, 3.05) is 0 Å². The minimum absolute atomic E-state index is 0.00817. The number of ether oxygens (including phenoxy) is 1. The quantitative estimate of drug-likeness (QED) is 0.592. The summed E-state index contributed by atoms with van der Waals surface area (Å²) in [6.07, 6.45) is 2.38. The van der Waals surface area contributed by atoms with E-state index in [2.05, 4.69) is 27.9 Å². The summed E-state index contributed by atoms with van der Waals surface area (Å²) in [4.78, 5) is 39.4. The number of fused-ring (bicyclic) bond motifs is 2. The number of nitrogens with one attached hydrogen (secondary N) is 1. The van der Waals surface area contributed by atoms with Crippen molar-refractivity contribution >= 4 is 40.5 Å². The number of carbonyl (C=O) groups is 3. The summed E-state index contributed by atoms with van der Waals surface area (Å²) in [5, 5.41) is 2.79. The maximum atomic E-state index is 13.1. The van der Waals surface area contributed by atoms with Gasteiger partial charge in [-0.15, -0.1) is 0 Å². The molecule has 3 rings (SSSR count). The molecule has 1 heterocycles. The highest BCUT2D eigenvalue weighted by atomic mass is 127. The van der Waals surface area contributed by atoms with E-state index in [4.69, 9.17) is 10.5 Å². The first-order chi connectivity index (χ1) is 13.5. The van der Waals surface area contributed by atoms with Crippen LogP contribution in [0.15, 0.2) is 24.3 Å². The van der Waals surface area contributed by atoms with Gasteiger partial charge in [-0.05, 0) is 86.2 Å². The molecule has 8 heteroatoms. The number of halogens is 1. The zero-order valence-electron chi connectivity index (χ0n) is 17.0. The van der Waals surface area contributed by atoms with Crippen molar-refractivity contribution < 1.29 is 19.1 Å². The molecule has 0 aromatic heterocycles. The molecule has 0 radical (unpaired) electrons. The van der Waals surface area contributed by atoms with Crippen molar-refractivity contribution in [2.45, 2.75) is 70.2 Å². The van der Waals surface area contributed by atoms with Crippen molar-refractivity contribution in [3.05, 3.63) is 33.4 Å². The SMILES string of the molecule is CC(C)(C)OC(=O)N1[C@@H]2CC[C@@H](C2)[C@H]1C(=O)N[C@@H](Cc1ccc(I)cc1)C(N)=O. The van der Waals surface area contributed by atoms with Gasteiger partial charge in [-0.1, -0.05) is 12.1 Å². The molecule has 2 fully saturated rings. The highest BCUT2D eigenvalue weighted by molar-refractivity contribution is 14.1. The first kappa shape index (κ1) is 21.9. The number of hydrogen-bond donors (Lipinski definition) is 2. The highest BCUT2D eigenvalue weighted by Gasteiger charge is 2.52. The van der Waals surface area contributed by atoms with Crippen LogP contribution in [0, 0.1) is 9.49 Å². The van der Waals surface area contributed by atoms with Crippen molar-refractivity contribution in [1.29, 1.82) is 0 Å². The molecule has 158 valence electrons. The predicted molar refractivity (Wildman–Crippen MR) is 117 cm³/mol. The van der Waals surface area contributed by atoms with Gasteiger partial charge < -0.3 is 15.8 Å². The van der Waals surface area contributed by atoms with E-state index in [1.807, 2.05) is 24.3 Å². The van der Waals surface area contributed by atoms with Gasteiger partial charge in [0, 0.05) is 16.0 Å². The Labute approximate surface area is 184 Å². The van der Waals surface area contributed by atoms with Gasteiger partial charge in [0.1, 0.15) is 17.7 Å². The molecule has 4 atom stereocenters.